The van der Waals surface area contributed by atoms with Crippen molar-refractivity contribution >= 4 is 5.97 Å². The minimum atomic E-state index is -0.337. The highest BCUT2D eigenvalue weighted by Gasteiger charge is 2.07. The molecular weight excluding hydrogens is 436 g/mol. The van der Waals surface area contributed by atoms with Crippen LogP contribution in [0.25, 0.3) is 0 Å². The SMILES string of the molecule is CCC=CCC=CCC=CCC=CCC=CCC=CCCC(=O)Oc1cc(O)cc(OCCC)c1. The number of aromatic hydroxyl groups is 1. The molecule has 0 heterocycles. The fraction of sp³-hybridized carbons (Fsp3) is 0.387. The van der Waals surface area contributed by atoms with Gasteiger partial charge in [-0.2, -0.15) is 0 Å². The zero-order chi connectivity index (χ0) is 25.4. The van der Waals surface area contributed by atoms with Crippen molar-refractivity contribution in [3.05, 3.63) is 91.1 Å². The van der Waals surface area contributed by atoms with Gasteiger partial charge < -0.3 is 14.6 Å². The second-order valence-electron chi connectivity index (χ2n) is 7.94. The molecule has 1 N–H and O–H groups in total. The van der Waals surface area contributed by atoms with Crippen molar-refractivity contribution in [3.63, 3.8) is 0 Å². The van der Waals surface area contributed by atoms with Crippen molar-refractivity contribution in [2.24, 2.45) is 0 Å². The van der Waals surface area contributed by atoms with Gasteiger partial charge in [0.25, 0.3) is 0 Å². The van der Waals surface area contributed by atoms with Gasteiger partial charge in [-0.15, -0.1) is 0 Å². The molecule has 4 nitrogen and oxygen atoms in total. The minimum Gasteiger partial charge on any atom is -0.508 e. The van der Waals surface area contributed by atoms with E-state index < -0.39 is 0 Å². The van der Waals surface area contributed by atoms with Crippen LogP contribution in [0, 0.1) is 0 Å². The minimum absolute atomic E-state index is 0.0124. The first-order valence-electron chi connectivity index (χ1n) is 12.7. The van der Waals surface area contributed by atoms with Crippen molar-refractivity contribution in [2.45, 2.75) is 71.6 Å². The van der Waals surface area contributed by atoms with Crippen molar-refractivity contribution in [1.82, 2.24) is 0 Å². The zero-order valence-corrected chi connectivity index (χ0v) is 21.4. The molecule has 0 bridgehead atoms. The van der Waals surface area contributed by atoms with Crippen LogP contribution in [0.1, 0.15) is 71.6 Å². The summed E-state index contributed by atoms with van der Waals surface area (Å²) in [6.45, 7) is 4.69. The molecule has 0 fully saturated rings. The highest BCUT2D eigenvalue weighted by Crippen LogP contribution is 2.27. The molecule has 0 aromatic heterocycles. The Labute approximate surface area is 212 Å². The highest BCUT2D eigenvalue weighted by atomic mass is 16.5. The topological polar surface area (TPSA) is 55.8 Å². The van der Waals surface area contributed by atoms with Crippen LogP contribution in [0.3, 0.4) is 0 Å². The van der Waals surface area contributed by atoms with E-state index in [1.54, 1.807) is 6.07 Å². The molecule has 0 aliphatic carbocycles. The summed E-state index contributed by atoms with van der Waals surface area (Å²) in [7, 11) is 0. The lowest BCUT2D eigenvalue weighted by molar-refractivity contribution is -0.134. The third-order valence-corrected chi connectivity index (χ3v) is 4.68. The molecule has 0 atom stereocenters. The summed E-state index contributed by atoms with van der Waals surface area (Å²) in [5, 5.41) is 9.75. The molecule has 1 aromatic carbocycles. The van der Waals surface area contributed by atoms with E-state index in [9.17, 15) is 9.90 Å². The predicted octanol–water partition coefficient (Wildman–Crippen LogP) is 8.56. The Morgan fingerprint density at radius 3 is 1.71 bits per heavy atom. The van der Waals surface area contributed by atoms with E-state index in [1.807, 2.05) is 19.1 Å². The third kappa shape index (κ3) is 17.8. The largest absolute Gasteiger partial charge is 0.508 e. The summed E-state index contributed by atoms with van der Waals surface area (Å²) in [6.07, 6.45) is 33.4. The van der Waals surface area contributed by atoms with Gasteiger partial charge in [-0.1, -0.05) is 86.8 Å². The summed E-state index contributed by atoms with van der Waals surface area (Å²) >= 11 is 0. The second kappa shape index (κ2) is 21.3. The molecule has 0 unspecified atom stereocenters. The molecule has 0 aliphatic rings. The molecule has 35 heavy (non-hydrogen) atoms. The number of benzene rings is 1. The van der Waals surface area contributed by atoms with Gasteiger partial charge in [0.05, 0.1) is 6.61 Å². The smallest absolute Gasteiger partial charge is 0.311 e. The first-order valence-corrected chi connectivity index (χ1v) is 12.7. The van der Waals surface area contributed by atoms with E-state index in [0.717, 1.165) is 44.9 Å². The Morgan fingerprint density at radius 2 is 1.20 bits per heavy atom. The van der Waals surface area contributed by atoms with Gasteiger partial charge in [0.1, 0.15) is 17.2 Å². The first kappa shape index (κ1) is 29.8. The average molecular weight is 479 g/mol. The van der Waals surface area contributed by atoms with E-state index in [-0.39, 0.29) is 18.1 Å². The van der Waals surface area contributed by atoms with Crippen LogP contribution in [0.5, 0.6) is 17.2 Å². The van der Waals surface area contributed by atoms with Gasteiger partial charge in [-0.05, 0) is 51.4 Å². The summed E-state index contributed by atoms with van der Waals surface area (Å²) < 4.78 is 10.8. The molecular formula is C31H42O4. The Morgan fingerprint density at radius 1 is 0.714 bits per heavy atom. The molecule has 190 valence electrons. The number of carbonyl (C=O) groups excluding carboxylic acids is 1. The Balaban J connectivity index is 2.12. The molecule has 0 saturated heterocycles. The Kier molecular flexibility index (Phi) is 18.1. The summed E-state index contributed by atoms with van der Waals surface area (Å²) in [5.74, 6) is 0.463. The molecule has 0 saturated carbocycles. The summed E-state index contributed by atoms with van der Waals surface area (Å²) in [6, 6.07) is 4.53. The lowest BCUT2D eigenvalue weighted by atomic mass is 10.2. The molecule has 0 spiro atoms. The molecule has 4 heteroatoms. The number of phenolic OH excluding ortho intramolecular Hbond substituents is 1. The van der Waals surface area contributed by atoms with Gasteiger partial charge in [0.2, 0.25) is 0 Å². The molecule has 0 radical (unpaired) electrons. The normalized spacial score (nSPS) is 12.4. The van der Waals surface area contributed by atoms with Gasteiger partial charge in [-0.25, -0.2) is 0 Å². The number of allylic oxidation sites excluding steroid dienone is 12. The average Bonchev–Trinajstić information content (AvgIpc) is 2.83. The Bertz CT molecular complexity index is 872. The lowest BCUT2D eigenvalue weighted by Crippen LogP contribution is -2.07. The number of phenols is 1. The van der Waals surface area contributed by atoms with Crippen LogP contribution >= 0.6 is 0 Å². The molecule has 1 aromatic rings. The van der Waals surface area contributed by atoms with Crippen LogP contribution in [0.15, 0.2) is 91.1 Å². The number of ether oxygens (including phenoxy) is 2. The monoisotopic (exact) mass is 478 g/mol. The number of rotatable bonds is 18. The number of hydrogen-bond donors (Lipinski definition) is 1. The predicted molar refractivity (Wildman–Crippen MR) is 147 cm³/mol. The standard InChI is InChI=1S/C31H42O4/c1-3-5-6-7-8-9-10-11-12-13-14-15-16-17-18-19-20-21-22-23-31(33)35-30-26-28(32)25-29(27-30)34-24-4-2/h5-6,8-9,11-12,14-15,17-18,20-21,25-27,32H,3-4,7,10,13,16,19,22-24H2,1-2H3. The first-order chi connectivity index (χ1) is 17.2. The third-order valence-electron chi connectivity index (χ3n) is 4.68. The molecule has 1 rings (SSSR count). The van der Waals surface area contributed by atoms with E-state index in [1.165, 1.54) is 12.1 Å². The molecule has 0 amide bonds. The number of carbonyl (C=O) groups is 1. The van der Waals surface area contributed by atoms with E-state index >= 15 is 0 Å². The van der Waals surface area contributed by atoms with Crippen LogP contribution in [-0.4, -0.2) is 17.7 Å². The van der Waals surface area contributed by atoms with Gasteiger partial charge in [0, 0.05) is 24.6 Å². The number of esters is 1. The lowest BCUT2D eigenvalue weighted by Gasteiger charge is -2.08. The van der Waals surface area contributed by atoms with E-state index in [4.69, 9.17) is 9.47 Å². The quantitative estimate of drug-likeness (QED) is 0.130. The second-order valence-corrected chi connectivity index (χ2v) is 7.94. The maximum Gasteiger partial charge on any atom is 0.311 e. The Hall–Kier alpha value is -3.27. The fourth-order valence-electron chi connectivity index (χ4n) is 2.94. The fourth-order valence-corrected chi connectivity index (χ4v) is 2.94. The van der Waals surface area contributed by atoms with Gasteiger partial charge >= 0.3 is 5.97 Å². The van der Waals surface area contributed by atoms with Crippen molar-refractivity contribution in [2.75, 3.05) is 6.61 Å². The van der Waals surface area contributed by atoms with Crippen LogP contribution in [0.4, 0.5) is 0 Å². The van der Waals surface area contributed by atoms with Gasteiger partial charge in [0.15, 0.2) is 0 Å². The van der Waals surface area contributed by atoms with Crippen molar-refractivity contribution < 1.29 is 19.4 Å². The van der Waals surface area contributed by atoms with Crippen molar-refractivity contribution in [1.29, 1.82) is 0 Å². The summed E-state index contributed by atoms with van der Waals surface area (Å²) in [4.78, 5) is 12.0. The van der Waals surface area contributed by atoms with Crippen molar-refractivity contribution in [3.8, 4) is 17.2 Å². The van der Waals surface area contributed by atoms with E-state index in [0.29, 0.717) is 24.5 Å². The highest BCUT2D eigenvalue weighted by molar-refractivity contribution is 5.72. The maximum absolute atomic E-state index is 12.0. The summed E-state index contributed by atoms with van der Waals surface area (Å²) in [5.41, 5.74) is 0. The maximum atomic E-state index is 12.0. The number of hydrogen-bond acceptors (Lipinski definition) is 4. The van der Waals surface area contributed by atoms with Gasteiger partial charge in [-0.3, -0.25) is 4.79 Å². The van der Waals surface area contributed by atoms with E-state index in [2.05, 4.69) is 67.7 Å². The molecule has 0 aliphatic heterocycles. The van der Waals surface area contributed by atoms with Crippen LogP contribution in [0.2, 0.25) is 0 Å². The van der Waals surface area contributed by atoms with Crippen LogP contribution in [-0.2, 0) is 4.79 Å². The zero-order valence-electron chi connectivity index (χ0n) is 21.4. The van der Waals surface area contributed by atoms with Crippen LogP contribution < -0.4 is 9.47 Å².